The Balaban J connectivity index is 1.90. The molecule has 0 saturated carbocycles. The van der Waals surface area contributed by atoms with Gasteiger partial charge in [-0.25, -0.2) is 0 Å². The quantitative estimate of drug-likeness (QED) is 0.811. The number of nitrogens with one attached hydrogen (secondary N) is 1. The van der Waals surface area contributed by atoms with E-state index < -0.39 is 6.10 Å². The molecule has 0 saturated heterocycles. The van der Waals surface area contributed by atoms with Crippen molar-refractivity contribution in [2.24, 2.45) is 5.41 Å². The van der Waals surface area contributed by atoms with E-state index >= 15 is 0 Å². The predicted molar refractivity (Wildman–Crippen MR) is 85.0 cm³/mol. The summed E-state index contributed by atoms with van der Waals surface area (Å²) in [5.74, 6) is 0.289. The van der Waals surface area contributed by atoms with Gasteiger partial charge >= 0.3 is 0 Å². The summed E-state index contributed by atoms with van der Waals surface area (Å²) >= 11 is 0. The van der Waals surface area contributed by atoms with Crippen LogP contribution in [0.1, 0.15) is 49.0 Å². The molecule has 23 heavy (non-hydrogen) atoms. The molecule has 1 unspecified atom stereocenters. The van der Waals surface area contributed by atoms with Crippen LogP contribution in [0.25, 0.3) is 0 Å². The van der Waals surface area contributed by atoms with Crippen molar-refractivity contribution in [3.63, 3.8) is 0 Å². The van der Waals surface area contributed by atoms with E-state index in [2.05, 4.69) is 15.6 Å². The highest BCUT2D eigenvalue weighted by Crippen LogP contribution is 2.21. The Kier molecular flexibility index (Phi) is 5.20. The molecule has 2 heterocycles. The van der Waals surface area contributed by atoms with Gasteiger partial charge in [-0.1, -0.05) is 19.0 Å². The summed E-state index contributed by atoms with van der Waals surface area (Å²) < 4.78 is 6.91. The zero-order chi connectivity index (χ0) is 17.0. The second kappa shape index (κ2) is 6.95. The minimum Gasteiger partial charge on any atom is -0.393 e. The Morgan fingerprint density at radius 2 is 2.26 bits per heavy atom. The number of hydrogen-bond acceptors (Lipinski definition) is 5. The average molecular weight is 320 g/mol. The van der Waals surface area contributed by atoms with Crippen LogP contribution in [0.2, 0.25) is 0 Å². The molecular weight excluding hydrogens is 296 g/mol. The molecule has 0 bridgehead atoms. The summed E-state index contributed by atoms with van der Waals surface area (Å²) in [5, 5.41) is 20.3. The Bertz CT molecular complexity index is 658. The van der Waals surface area contributed by atoms with Crippen molar-refractivity contribution in [1.29, 1.82) is 0 Å². The van der Waals surface area contributed by atoms with Crippen LogP contribution in [0.15, 0.2) is 23.0 Å². The van der Waals surface area contributed by atoms with Crippen molar-refractivity contribution in [3.05, 3.63) is 35.5 Å². The molecule has 2 aromatic rings. The molecule has 2 aromatic heterocycles. The lowest BCUT2D eigenvalue weighted by atomic mass is 9.87. The van der Waals surface area contributed by atoms with E-state index in [1.54, 1.807) is 23.9 Å². The van der Waals surface area contributed by atoms with Crippen molar-refractivity contribution in [1.82, 2.24) is 20.3 Å². The van der Waals surface area contributed by atoms with E-state index in [1.165, 1.54) is 0 Å². The number of nitrogens with zero attached hydrogens (tertiary/aromatic N) is 3. The first-order valence-electron chi connectivity index (χ1n) is 7.66. The number of rotatable bonds is 7. The molecule has 0 aliphatic carbocycles. The molecule has 0 aliphatic heterocycles. The van der Waals surface area contributed by atoms with Gasteiger partial charge in [0, 0.05) is 18.8 Å². The third-order valence-electron chi connectivity index (χ3n) is 3.45. The number of aliphatic hydroxyl groups is 1. The van der Waals surface area contributed by atoms with Gasteiger partial charge in [0.15, 0.2) is 11.5 Å². The first kappa shape index (κ1) is 17.2. The minimum absolute atomic E-state index is 0.191. The van der Waals surface area contributed by atoms with E-state index in [0.29, 0.717) is 25.3 Å². The molecule has 0 fully saturated rings. The van der Waals surface area contributed by atoms with Crippen molar-refractivity contribution >= 4 is 5.91 Å². The van der Waals surface area contributed by atoms with Crippen LogP contribution in [0, 0.1) is 12.3 Å². The highest BCUT2D eigenvalue weighted by atomic mass is 16.5. The van der Waals surface area contributed by atoms with E-state index in [0.717, 1.165) is 5.56 Å². The Hall–Kier alpha value is -2.15. The molecule has 2 rings (SSSR count). The zero-order valence-corrected chi connectivity index (χ0v) is 14.0. The lowest BCUT2D eigenvalue weighted by Crippen LogP contribution is -2.35. The number of carbonyl (C=O) groups excluding carboxylic acids is 1. The summed E-state index contributed by atoms with van der Waals surface area (Å²) in [7, 11) is 0. The SMILES string of the molecule is Cc1cnn(Cc2cc(C(=O)NCC(C)(C)CC(C)O)no2)c1. The van der Waals surface area contributed by atoms with Gasteiger partial charge in [-0.15, -0.1) is 0 Å². The van der Waals surface area contributed by atoms with E-state index in [9.17, 15) is 9.90 Å². The van der Waals surface area contributed by atoms with Gasteiger partial charge < -0.3 is 14.9 Å². The second-order valence-corrected chi connectivity index (χ2v) is 6.79. The molecule has 1 amide bonds. The molecular formula is C16H24N4O3. The lowest BCUT2D eigenvalue weighted by molar-refractivity contribution is 0.0893. The summed E-state index contributed by atoms with van der Waals surface area (Å²) in [6, 6.07) is 1.62. The Labute approximate surface area is 135 Å². The summed E-state index contributed by atoms with van der Waals surface area (Å²) in [6.07, 6.45) is 3.85. The third kappa shape index (κ3) is 5.21. The van der Waals surface area contributed by atoms with Gasteiger partial charge in [0.25, 0.3) is 5.91 Å². The Morgan fingerprint density at radius 1 is 1.52 bits per heavy atom. The first-order chi connectivity index (χ1) is 10.7. The topological polar surface area (TPSA) is 93.2 Å². The number of hydrogen-bond donors (Lipinski definition) is 2. The Morgan fingerprint density at radius 3 is 2.87 bits per heavy atom. The molecule has 0 aliphatic rings. The molecule has 7 heteroatoms. The minimum atomic E-state index is -0.405. The monoisotopic (exact) mass is 320 g/mol. The molecule has 126 valence electrons. The largest absolute Gasteiger partial charge is 0.393 e. The lowest BCUT2D eigenvalue weighted by Gasteiger charge is -2.26. The third-order valence-corrected chi connectivity index (χ3v) is 3.45. The molecule has 2 N–H and O–H groups in total. The highest BCUT2D eigenvalue weighted by molar-refractivity contribution is 5.92. The predicted octanol–water partition coefficient (Wildman–Crippen LogP) is 1.75. The zero-order valence-electron chi connectivity index (χ0n) is 14.0. The smallest absolute Gasteiger partial charge is 0.273 e. The molecule has 1 atom stereocenters. The van der Waals surface area contributed by atoms with Crippen molar-refractivity contribution in [3.8, 4) is 0 Å². The van der Waals surface area contributed by atoms with E-state index in [4.69, 9.17) is 4.52 Å². The summed E-state index contributed by atoms with van der Waals surface area (Å²) in [6.45, 7) is 8.57. The van der Waals surface area contributed by atoms with Crippen molar-refractivity contribution in [2.45, 2.75) is 46.8 Å². The average Bonchev–Trinajstić information content (AvgIpc) is 3.05. The fourth-order valence-corrected chi connectivity index (χ4v) is 2.49. The van der Waals surface area contributed by atoms with Gasteiger partial charge in [0.05, 0.1) is 12.3 Å². The van der Waals surface area contributed by atoms with Crippen LogP contribution in [0.4, 0.5) is 0 Å². The van der Waals surface area contributed by atoms with E-state index in [1.807, 2.05) is 27.0 Å². The van der Waals surface area contributed by atoms with Gasteiger partial charge in [-0.05, 0) is 31.2 Å². The fraction of sp³-hybridized carbons (Fsp3) is 0.562. The summed E-state index contributed by atoms with van der Waals surface area (Å²) in [5.41, 5.74) is 1.11. The molecule has 0 spiro atoms. The van der Waals surface area contributed by atoms with Gasteiger partial charge in [0.1, 0.15) is 6.54 Å². The van der Waals surface area contributed by atoms with Crippen molar-refractivity contribution in [2.75, 3.05) is 6.54 Å². The maximum atomic E-state index is 12.1. The number of carbonyl (C=O) groups is 1. The van der Waals surface area contributed by atoms with Crippen LogP contribution in [-0.2, 0) is 6.54 Å². The van der Waals surface area contributed by atoms with Gasteiger partial charge in [-0.2, -0.15) is 5.10 Å². The fourth-order valence-electron chi connectivity index (χ4n) is 2.49. The first-order valence-corrected chi connectivity index (χ1v) is 7.66. The van der Waals surface area contributed by atoms with Crippen LogP contribution in [0.3, 0.4) is 0 Å². The van der Waals surface area contributed by atoms with Crippen LogP contribution in [0.5, 0.6) is 0 Å². The highest BCUT2D eigenvalue weighted by Gasteiger charge is 2.22. The second-order valence-electron chi connectivity index (χ2n) is 6.79. The maximum absolute atomic E-state index is 12.1. The van der Waals surface area contributed by atoms with Crippen LogP contribution < -0.4 is 5.32 Å². The molecule has 0 aromatic carbocycles. The summed E-state index contributed by atoms with van der Waals surface area (Å²) in [4.78, 5) is 12.1. The number of amides is 1. The van der Waals surface area contributed by atoms with Gasteiger partial charge in [0.2, 0.25) is 0 Å². The van der Waals surface area contributed by atoms with Crippen molar-refractivity contribution < 1.29 is 14.4 Å². The van der Waals surface area contributed by atoms with Gasteiger partial charge in [-0.3, -0.25) is 9.48 Å². The standard InChI is InChI=1S/C16H24N4O3/c1-11-7-18-20(8-11)9-13-5-14(19-23-13)15(22)17-10-16(3,4)6-12(2)21/h5,7-8,12,21H,6,9-10H2,1-4H3,(H,17,22). The molecule has 0 radical (unpaired) electrons. The van der Waals surface area contributed by atoms with Crippen LogP contribution >= 0.6 is 0 Å². The number of aryl methyl sites for hydroxylation is 1. The molecule has 7 nitrogen and oxygen atoms in total. The van der Waals surface area contributed by atoms with Crippen LogP contribution in [-0.4, -0.2) is 38.6 Å². The van der Waals surface area contributed by atoms with E-state index in [-0.39, 0.29) is 17.0 Å². The number of aliphatic hydroxyl groups excluding tert-OH is 1. The number of aromatic nitrogens is 3. The normalized spacial score (nSPS) is 13.1. The maximum Gasteiger partial charge on any atom is 0.273 e.